The second-order valence-electron chi connectivity index (χ2n) is 6.37. The molecule has 1 amide bonds. The van der Waals surface area contributed by atoms with Crippen LogP contribution in [-0.4, -0.2) is 56.1 Å². The number of halogens is 4. The molecule has 29 heavy (non-hydrogen) atoms. The van der Waals surface area contributed by atoms with Gasteiger partial charge in [0.25, 0.3) is 0 Å². The number of aliphatic imine (C=N–C) groups is 1. The Morgan fingerprint density at radius 2 is 2.03 bits per heavy atom. The van der Waals surface area contributed by atoms with Crippen LogP contribution in [0, 0.1) is 0 Å². The van der Waals surface area contributed by atoms with Crippen LogP contribution in [0.1, 0.15) is 31.7 Å². The molecule has 0 saturated carbocycles. The Balaban J connectivity index is 0.00000420. The number of guanidine groups is 1. The van der Waals surface area contributed by atoms with Crippen molar-refractivity contribution >= 4 is 35.8 Å². The molecule has 1 fully saturated rings. The summed E-state index contributed by atoms with van der Waals surface area (Å²) in [6, 6.07) is 5.15. The zero-order chi connectivity index (χ0) is 20.4. The fourth-order valence-corrected chi connectivity index (χ4v) is 2.89. The Morgan fingerprint density at radius 1 is 1.28 bits per heavy atom. The number of rotatable bonds is 9. The highest BCUT2D eigenvalue weighted by Gasteiger charge is 2.33. The number of amides is 1. The van der Waals surface area contributed by atoms with Gasteiger partial charge in [0.1, 0.15) is 12.4 Å². The molecule has 1 aromatic carbocycles. The molecule has 10 heteroatoms. The summed E-state index contributed by atoms with van der Waals surface area (Å²) in [7, 11) is 0. The fourth-order valence-electron chi connectivity index (χ4n) is 2.89. The van der Waals surface area contributed by atoms with Gasteiger partial charge < -0.3 is 20.3 Å². The first kappa shape index (κ1) is 25.3. The van der Waals surface area contributed by atoms with Crippen LogP contribution in [0.5, 0.6) is 5.75 Å². The van der Waals surface area contributed by atoms with E-state index in [1.54, 1.807) is 0 Å². The first-order valence-electron chi connectivity index (χ1n) is 9.50. The Hall–Kier alpha value is -1.72. The number of carbonyl (C=O) groups excluding carboxylic acids is 1. The molecule has 0 aromatic heterocycles. The normalized spacial score (nSPS) is 14.6. The van der Waals surface area contributed by atoms with Gasteiger partial charge in [0.2, 0.25) is 5.91 Å². The summed E-state index contributed by atoms with van der Waals surface area (Å²) in [6.07, 6.45) is -2.14. The molecule has 1 aromatic rings. The van der Waals surface area contributed by atoms with E-state index in [0.29, 0.717) is 38.6 Å². The topological polar surface area (TPSA) is 66.0 Å². The van der Waals surface area contributed by atoms with E-state index in [1.807, 2.05) is 11.8 Å². The first-order valence-corrected chi connectivity index (χ1v) is 9.50. The van der Waals surface area contributed by atoms with Crippen molar-refractivity contribution < 1.29 is 22.7 Å². The van der Waals surface area contributed by atoms with Gasteiger partial charge in [-0.05, 0) is 31.9 Å². The van der Waals surface area contributed by atoms with Gasteiger partial charge in [0.05, 0.1) is 12.1 Å². The van der Waals surface area contributed by atoms with Crippen molar-refractivity contribution in [3.8, 4) is 5.75 Å². The molecule has 164 valence electrons. The van der Waals surface area contributed by atoms with Gasteiger partial charge in [0, 0.05) is 32.6 Å². The maximum atomic E-state index is 12.9. The number of benzene rings is 1. The van der Waals surface area contributed by atoms with E-state index < -0.39 is 11.7 Å². The van der Waals surface area contributed by atoms with Crippen molar-refractivity contribution in [2.24, 2.45) is 4.99 Å². The minimum absolute atomic E-state index is 0. The molecular weight excluding hydrogens is 500 g/mol. The average Bonchev–Trinajstić information content (AvgIpc) is 3.06. The summed E-state index contributed by atoms with van der Waals surface area (Å²) < 4.78 is 44.1. The van der Waals surface area contributed by atoms with Crippen molar-refractivity contribution in [2.75, 3.05) is 39.3 Å². The second-order valence-corrected chi connectivity index (χ2v) is 6.37. The molecule has 1 heterocycles. The fraction of sp³-hybridized carbons (Fsp3) is 0.579. The van der Waals surface area contributed by atoms with E-state index in [4.69, 9.17) is 4.74 Å². The van der Waals surface area contributed by atoms with Crippen LogP contribution in [0.2, 0.25) is 0 Å². The predicted octanol–water partition coefficient (Wildman–Crippen LogP) is 3.27. The van der Waals surface area contributed by atoms with Crippen molar-refractivity contribution in [3.05, 3.63) is 29.8 Å². The van der Waals surface area contributed by atoms with E-state index in [-0.39, 0.29) is 42.2 Å². The van der Waals surface area contributed by atoms with E-state index in [0.717, 1.165) is 25.5 Å². The molecule has 2 rings (SSSR count). The highest BCUT2D eigenvalue weighted by atomic mass is 127. The molecule has 0 spiro atoms. The molecule has 1 aliphatic heterocycles. The van der Waals surface area contributed by atoms with Crippen molar-refractivity contribution in [2.45, 2.75) is 32.4 Å². The van der Waals surface area contributed by atoms with Gasteiger partial charge in [-0.25, -0.2) is 0 Å². The average molecular weight is 528 g/mol. The minimum Gasteiger partial charge on any atom is -0.491 e. The number of nitrogens with one attached hydrogen (secondary N) is 2. The lowest BCUT2D eigenvalue weighted by atomic mass is 10.2. The Labute approximate surface area is 186 Å². The molecule has 0 bridgehead atoms. The third-order valence-electron chi connectivity index (χ3n) is 4.22. The number of ether oxygens (including phenoxy) is 1. The molecule has 0 atom stereocenters. The number of likely N-dealkylation sites (tertiary alicyclic amines) is 1. The monoisotopic (exact) mass is 528 g/mol. The third-order valence-corrected chi connectivity index (χ3v) is 4.22. The highest BCUT2D eigenvalue weighted by molar-refractivity contribution is 14.0. The number of carbonyl (C=O) groups is 1. The molecule has 0 aliphatic carbocycles. The largest absolute Gasteiger partial charge is 0.491 e. The Kier molecular flexibility index (Phi) is 11.1. The number of alkyl halides is 3. The SMILES string of the molecule is CCNC(=NCCCN1CCCC1=O)NCCOc1ccccc1C(F)(F)F.I. The van der Waals surface area contributed by atoms with Gasteiger partial charge >= 0.3 is 6.18 Å². The molecule has 0 unspecified atom stereocenters. The summed E-state index contributed by atoms with van der Waals surface area (Å²) in [5.74, 6) is 0.585. The highest BCUT2D eigenvalue weighted by Crippen LogP contribution is 2.35. The van der Waals surface area contributed by atoms with Gasteiger partial charge in [-0.2, -0.15) is 13.2 Å². The van der Waals surface area contributed by atoms with Gasteiger partial charge in [-0.15, -0.1) is 24.0 Å². The van der Waals surface area contributed by atoms with E-state index in [1.165, 1.54) is 18.2 Å². The molecule has 2 N–H and O–H groups in total. The zero-order valence-electron chi connectivity index (χ0n) is 16.4. The number of para-hydroxylation sites is 1. The standard InChI is InChI=1S/C19H27F3N4O2.HI/c1-2-23-18(24-10-6-13-26-12-5-9-17(26)27)25-11-14-28-16-8-4-3-7-15(16)19(20,21)22;/h3-4,7-8H,2,5-6,9-14H2,1H3,(H2,23,24,25);1H. The minimum atomic E-state index is -4.45. The summed E-state index contributed by atoms with van der Waals surface area (Å²) in [6.45, 7) is 5.03. The second kappa shape index (κ2) is 12.8. The molecule has 6 nitrogen and oxygen atoms in total. The number of hydrogen-bond acceptors (Lipinski definition) is 3. The van der Waals surface area contributed by atoms with Gasteiger partial charge in [0.15, 0.2) is 5.96 Å². The lowest BCUT2D eigenvalue weighted by Gasteiger charge is -2.16. The van der Waals surface area contributed by atoms with E-state index in [9.17, 15) is 18.0 Å². The summed E-state index contributed by atoms with van der Waals surface area (Å²) >= 11 is 0. The van der Waals surface area contributed by atoms with Crippen LogP contribution in [0.3, 0.4) is 0 Å². The number of hydrogen-bond donors (Lipinski definition) is 2. The van der Waals surface area contributed by atoms with Crippen molar-refractivity contribution in [1.29, 1.82) is 0 Å². The zero-order valence-corrected chi connectivity index (χ0v) is 18.8. The van der Waals surface area contributed by atoms with Crippen LogP contribution in [0.25, 0.3) is 0 Å². The van der Waals surface area contributed by atoms with E-state index in [2.05, 4.69) is 15.6 Å². The summed E-state index contributed by atoms with van der Waals surface area (Å²) in [5.41, 5.74) is -0.785. The van der Waals surface area contributed by atoms with Crippen LogP contribution in [-0.2, 0) is 11.0 Å². The van der Waals surface area contributed by atoms with Gasteiger partial charge in [-0.3, -0.25) is 9.79 Å². The van der Waals surface area contributed by atoms with Crippen molar-refractivity contribution in [3.63, 3.8) is 0 Å². The summed E-state index contributed by atoms with van der Waals surface area (Å²) in [5, 5.41) is 6.12. The molecule has 1 saturated heterocycles. The Bertz CT molecular complexity index is 671. The first-order chi connectivity index (χ1) is 13.4. The summed E-state index contributed by atoms with van der Waals surface area (Å²) in [4.78, 5) is 17.8. The number of nitrogens with zero attached hydrogens (tertiary/aromatic N) is 2. The van der Waals surface area contributed by atoms with Crippen LogP contribution < -0.4 is 15.4 Å². The molecule has 1 aliphatic rings. The van der Waals surface area contributed by atoms with Crippen LogP contribution in [0.15, 0.2) is 29.3 Å². The lowest BCUT2D eigenvalue weighted by molar-refractivity contribution is -0.139. The molecular formula is C19H28F3IN4O2. The molecule has 0 radical (unpaired) electrons. The van der Waals surface area contributed by atoms with Gasteiger partial charge in [-0.1, -0.05) is 12.1 Å². The Morgan fingerprint density at radius 3 is 2.69 bits per heavy atom. The third kappa shape index (κ3) is 8.67. The smallest absolute Gasteiger partial charge is 0.419 e. The van der Waals surface area contributed by atoms with Crippen molar-refractivity contribution in [1.82, 2.24) is 15.5 Å². The quantitative estimate of drug-likeness (QED) is 0.224. The van der Waals surface area contributed by atoms with E-state index >= 15 is 0 Å². The maximum Gasteiger partial charge on any atom is 0.419 e. The van der Waals surface area contributed by atoms with Crippen LogP contribution in [0.4, 0.5) is 13.2 Å². The maximum absolute atomic E-state index is 12.9. The van der Waals surface area contributed by atoms with Crippen LogP contribution >= 0.6 is 24.0 Å². The predicted molar refractivity (Wildman–Crippen MR) is 117 cm³/mol. The lowest BCUT2D eigenvalue weighted by Crippen LogP contribution is -2.39.